The third-order valence-electron chi connectivity index (χ3n) is 7.11. The van der Waals surface area contributed by atoms with E-state index >= 15 is 0 Å². The third-order valence-corrected chi connectivity index (χ3v) is 9.45. The highest BCUT2D eigenvalue weighted by molar-refractivity contribution is 7.92. The van der Waals surface area contributed by atoms with Crippen LogP contribution in [0.25, 0.3) is 0 Å². The molecule has 1 atom stereocenters. The predicted molar refractivity (Wildman–Crippen MR) is 150 cm³/mol. The number of anilines is 1. The summed E-state index contributed by atoms with van der Waals surface area (Å²) in [4.78, 5) is 25.7. The van der Waals surface area contributed by atoms with E-state index in [4.69, 9.17) is 27.9 Å². The van der Waals surface area contributed by atoms with Crippen molar-refractivity contribution in [3.8, 4) is 5.75 Å². The van der Waals surface area contributed by atoms with Gasteiger partial charge in [0.2, 0.25) is 5.91 Å². The van der Waals surface area contributed by atoms with Crippen molar-refractivity contribution in [2.75, 3.05) is 17.9 Å². The van der Waals surface area contributed by atoms with Crippen molar-refractivity contribution < 1.29 is 35.9 Å². The van der Waals surface area contributed by atoms with E-state index in [1.165, 1.54) is 47.8 Å². The highest BCUT2D eigenvalue weighted by atomic mass is 35.5. The van der Waals surface area contributed by atoms with Crippen molar-refractivity contribution in [2.24, 2.45) is 0 Å². The summed E-state index contributed by atoms with van der Waals surface area (Å²) in [5.41, 5.74) is -1.69. The van der Waals surface area contributed by atoms with E-state index in [9.17, 15) is 31.2 Å². The van der Waals surface area contributed by atoms with Crippen LogP contribution >= 0.6 is 23.2 Å². The van der Waals surface area contributed by atoms with Crippen LogP contribution in [0.2, 0.25) is 10.0 Å². The zero-order chi connectivity index (χ0) is 30.4. The van der Waals surface area contributed by atoms with Gasteiger partial charge in [0.05, 0.1) is 35.2 Å². The lowest BCUT2D eigenvalue weighted by molar-refractivity contribution is -0.137. The third kappa shape index (κ3) is 6.02. The van der Waals surface area contributed by atoms with E-state index < -0.39 is 51.6 Å². The van der Waals surface area contributed by atoms with Crippen molar-refractivity contribution in [1.29, 1.82) is 0 Å². The summed E-state index contributed by atoms with van der Waals surface area (Å²) in [5.74, 6) is -1.07. The summed E-state index contributed by atoms with van der Waals surface area (Å²) in [7, 11) is -2.77. The molecule has 14 heteroatoms. The van der Waals surface area contributed by atoms with Crippen LogP contribution in [0.3, 0.4) is 0 Å². The fourth-order valence-electron chi connectivity index (χ4n) is 4.68. The Morgan fingerprint density at radius 3 is 2.45 bits per heavy atom. The number of nitrogens with one attached hydrogen (secondary N) is 2. The van der Waals surface area contributed by atoms with Crippen molar-refractivity contribution >= 4 is 50.7 Å². The Kier molecular flexibility index (Phi) is 7.84. The van der Waals surface area contributed by atoms with Crippen LogP contribution in [0.15, 0.2) is 65.6 Å². The second-order valence-corrected chi connectivity index (χ2v) is 12.8. The first kappa shape index (κ1) is 30.0. The maximum Gasteiger partial charge on any atom is 0.416 e. The monoisotopic (exact) mass is 641 g/mol. The molecule has 0 bridgehead atoms. The lowest BCUT2D eigenvalue weighted by atomic mass is 9.99. The number of alkyl halides is 3. The standard InChI is InChI=1S/C28H24Cl2F3N3O5S/c1-34-25(37)14-22(20-12-17(28(31,32)33)6-7-21(20)30)35-26(38)16-5-8-24-23(11-16)36(15-27(41-24)9-10-27)42(39,40)19-4-2-3-18(29)13-19/h2-8,11-13,22H,9-10,14-15H2,1H3,(H,34,37)(H,35,38)/t22-/m0/s1. The number of ether oxygens (including phenoxy) is 1. The maximum atomic E-state index is 13.7. The Bertz CT molecular complexity index is 1680. The maximum absolute atomic E-state index is 13.7. The summed E-state index contributed by atoms with van der Waals surface area (Å²) < 4.78 is 75.0. The molecule has 5 rings (SSSR count). The minimum atomic E-state index is -4.68. The average molecular weight is 642 g/mol. The summed E-state index contributed by atoms with van der Waals surface area (Å²) in [6.07, 6.45) is -3.80. The molecule has 0 unspecified atom stereocenters. The van der Waals surface area contributed by atoms with Crippen LogP contribution in [0, 0.1) is 0 Å². The summed E-state index contributed by atoms with van der Waals surface area (Å²) in [5, 5.41) is 5.12. The summed E-state index contributed by atoms with van der Waals surface area (Å²) >= 11 is 12.3. The van der Waals surface area contributed by atoms with Gasteiger partial charge >= 0.3 is 6.18 Å². The molecular formula is C28H24Cl2F3N3O5S. The lowest BCUT2D eigenvalue weighted by Crippen LogP contribution is -2.45. The molecule has 3 aromatic carbocycles. The number of amides is 2. The van der Waals surface area contributed by atoms with E-state index in [1.54, 1.807) is 6.07 Å². The molecule has 1 spiro atoms. The van der Waals surface area contributed by atoms with Crippen LogP contribution < -0.4 is 19.7 Å². The van der Waals surface area contributed by atoms with Crippen LogP contribution in [0.1, 0.15) is 46.8 Å². The van der Waals surface area contributed by atoms with E-state index in [0.717, 1.165) is 18.2 Å². The normalized spacial score (nSPS) is 16.3. The Morgan fingerprint density at radius 1 is 1.07 bits per heavy atom. The second-order valence-electron chi connectivity index (χ2n) is 10.1. The van der Waals surface area contributed by atoms with Gasteiger partial charge in [-0.3, -0.25) is 13.9 Å². The molecule has 0 radical (unpaired) electrons. The highest BCUT2D eigenvalue weighted by Gasteiger charge is 2.52. The quantitative estimate of drug-likeness (QED) is 0.342. The van der Waals surface area contributed by atoms with Crippen LogP contribution in [-0.2, 0) is 21.0 Å². The molecule has 1 aliphatic carbocycles. The highest BCUT2D eigenvalue weighted by Crippen LogP contribution is 2.50. The molecule has 0 aromatic heterocycles. The largest absolute Gasteiger partial charge is 0.483 e. The number of hydrogen-bond donors (Lipinski definition) is 2. The van der Waals surface area contributed by atoms with Crippen LogP contribution in [0.4, 0.5) is 18.9 Å². The van der Waals surface area contributed by atoms with Gasteiger partial charge in [-0.15, -0.1) is 0 Å². The molecular weight excluding hydrogens is 618 g/mol. The van der Waals surface area contributed by atoms with Gasteiger partial charge in [0.1, 0.15) is 11.4 Å². The minimum Gasteiger partial charge on any atom is -0.483 e. The van der Waals surface area contributed by atoms with Gasteiger partial charge in [-0.05, 0) is 73.0 Å². The van der Waals surface area contributed by atoms with Crippen molar-refractivity contribution in [1.82, 2.24) is 10.6 Å². The Labute approximate surface area is 249 Å². The molecule has 2 N–H and O–H groups in total. The first-order valence-electron chi connectivity index (χ1n) is 12.7. The molecule has 3 aromatic rings. The van der Waals surface area contributed by atoms with Crippen LogP contribution in [-0.4, -0.2) is 39.4 Å². The SMILES string of the molecule is CNC(=O)C[C@H](NC(=O)c1ccc2c(c1)N(S(=O)(=O)c1cccc(Cl)c1)CC1(CC1)O2)c1cc(C(F)(F)F)ccc1Cl. The van der Waals surface area contributed by atoms with Crippen molar-refractivity contribution in [3.05, 3.63) is 87.4 Å². The molecule has 42 heavy (non-hydrogen) atoms. The summed E-state index contributed by atoms with van der Waals surface area (Å²) in [6.45, 7) is 0.0130. The van der Waals surface area contributed by atoms with Gasteiger partial charge in [-0.2, -0.15) is 13.2 Å². The number of benzene rings is 3. The van der Waals surface area contributed by atoms with Gasteiger partial charge in [-0.25, -0.2) is 8.42 Å². The Hall–Kier alpha value is -3.48. The number of fused-ring (bicyclic) bond motifs is 1. The lowest BCUT2D eigenvalue weighted by Gasteiger charge is -2.36. The number of halogens is 5. The number of carbonyl (C=O) groups is 2. The van der Waals surface area contributed by atoms with Crippen molar-refractivity contribution in [2.45, 2.75) is 42.0 Å². The first-order chi connectivity index (χ1) is 19.7. The second kappa shape index (κ2) is 11.0. The van der Waals surface area contributed by atoms with E-state index in [0.29, 0.717) is 12.8 Å². The van der Waals surface area contributed by atoms with E-state index in [2.05, 4.69) is 10.6 Å². The van der Waals surface area contributed by atoms with Crippen molar-refractivity contribution in [3.63, 3.8) is 0 Å². The molecule has 2 aliphatic rings. The topological polar surface area (TPSA) is 105 Å². The zero-order valence-corrected chi connectivity index (χ0v) is 24.3. The number of nitrogens with zero attached hydrogens (tertiary/aromatic N) is 1. The molecule has 2 amide bonds. The molecule has 0 saturated heterocycles. The van der Waals surface area contributed by atoms with Gasteiger partial charge in [-0.1, -0.05) is 29.3 Å². The van der Waals surface area contributed by atoms with Gasteiger partial charge < -0.3 is 15.4 Å². The van der Waals surface area contributed by atoms with E-state index in [-0.39, 0.29) is 44.0 Å². The minimum absolute atomic E-state index is 0.0130. The fraction of sp³-hybridized carbons (Fsp3) is 0.286. The molecule has 1 saturated carbocycles. The number of sulfonamides is 1. The molecule has 1 heterocycles. The Balaban J connectivity index is 1.51. The van der Waals surface area contributed by atoms with Gasteiger partial charge in [0.25, 0.3) is 15.9 Å². The fourth-order valence-corrected chi connectivity index (χ4v) is 6.77. The van der Waals surface area contributed by atoms with E-state index in [1.807, 2.05) is 0 Å². The van der Waals surface area contributed by atoms with Gasteiger partial charge in [0, 0.05) is 22.7 Å². The summed E-state index contributed by atoms with van der Waals surface area (Å²) in [6, 6.07) is 11.4. The predicted octanol–water partition coefficient (Wildman–Crippen LogP) is 5.74. The smallest absolute Gasteiger partial charge is 0.416 e. The number of hydrogen-bond acceptors (Lipinski definition) is 5. The first-order valence-corrected chi connectivity index (χ1v) is 14.9. The average Bonchev–Trinajstić information content (AvgIpc) is 3.69. The molecule has 1 aliphatic heterocycles. The van der Waals surface area contributed by atoms with Crippen LogP contribution in [0.5, 0.6) is 5.75 Å². The molecule has 1 fully saturated rings. The molecule has 222 valence electrons. The number of rotatable bonds is 7. The Morgan fingerprint density at radius 2 is 1.81 bits per heavy atom. The van der Waals surface area contributed by atoms with Gasteiger partial charge in [0.15, 0.2) is 0 Å². The number of carbonyl (C=O) groups excluding carboxylic acids is 2. The zero-order valence-electron chi connectivity index (χ0n) is 22.0. The molecule has 8 nitrogen and oxygen atoms in total.